The summed E-state index contributed by atoms with van der Waals surface area (Å²) < 4.78 is 5.69. The summed E-state index contributed by atoms with van der Waals surface area (Å²) in [5.74, 6) is 1.09. The van der Waals surface area contributed by atoms with E-state index in [9.17, 15) is 0 Å². The number of benzene rings is 1. The van der Waals surface area contributed by atoms with Crippen molar-refractivity contribution in [2.75, 3.05) is 40.3 Å². The van der Waals surface area contributed by atoms with Gasteiger partial charge in [0.25, 0.3) is 0 Å². The molecule has 1 fully saturated rings. The summed E-state index contributed by atoms with van der Waals surface area (Å²) in [6, 6.07) is 7.28. The number of nitrogens with zero attached hydrogens (tertiary/aromatic N) is 2. The quantitative estimate of drug-likeness (QED) is 0.753. The van der Waals surface area contributed by atoms with Gasteiger partial charge in [-0.3, -0.25) is 4.90 Å². The molecule has 1 atom stereocenters. The summed E-state index contributed by atoms with van der Waals surface area (Å²) in [4.78, 5) is 4.88. The lowest BCUT2D eigenvalue weighted by molar-refractivity contribution is 0.115. The molecular formula is C15H22N2O. The first-order chi connectivity index (χ1) is 8.74. The van der Waals surface area contributed by atoms with Crippen LogP contribution in [0, 0.1) is 0 Å². The van der Waals surface area contributed by atoms with E-state index >= 15 is 0 Å². The van der Waals surface area contributed by atoms with Crippen LogP contribution in [0.3, 0.4) is 0 Å². The standard InChI is InChI=1S/C15H22N2O/c1-16-7-8-17(2)14(11-16)12-5-6-15-13(10-12)4-3-9-18-15/h5-6,10,14H,3-4,7-9,11H2,1-2H3. The predicted octanol–water partition coefficient (Wildman–Crippen LogP) is 1.93. The Morgan fingerprint density at radius 2 is 2.11 bits per heavy atom. The zero-order valence-electron chi connectivity index (χ0n) is 11.4. The van der Waals surface area contributed by atoms with E-state index in [1.807, 2.05) is 0 Å². The first-order valence-corrected chi connectivity index (χ1v) is 6.88. The summed E-state index contributed by atoms with van der Waals surface area (Å²) in [7, 11) is 4.44. The van der Waals surface area contributed by atoms with Crippen molar-refractivity contribution < 1.29 is 4.74 Å². The maximum Gasteiger partial charge on any atom is 0.122 e. The highest BCUT2D eigenvalue weighted by atomic mass is 16.5. The molecule has 1 aromatic rings. The average molecular weight is 246 g/mol. The zero-order valence-corrected chi connectivity index (χ0v) is 11.4. The van der Waals surface area contributed by atoms with Crippen LogP contribution >= 0.6 is 0 Å². The summed E-state index contributed by atoms with van der Waals surface area (Å²) in [5, 5.41) is 0. The molecule has 0 aromatic heterocycles. The number of likely N-dealkylation sites (N-methyl/N-ethyl adjacent to an activating group) is 2. The van der Waals surface area contributed by atoms with E-state index < -0.39 is 0 Å². The number of piperazine rings is 1. The first kappa shape index (κ1) is 12.0. The van der Waals surface area contributed by atoms with Gasteiger partial charge < -0.3 is 9.64 Å². The molecule has 98 valence electrons. The highest BCUT2D eigenvalue weighted by Crippen LogP contribution is 2.30. The monoisotopic (exact) mass is 246 g/mol. The van der Waals surface area contributed by atoms with Crippen molar-refractivity contribution in [3.05, 3.63) is 29.3 Å². The van der Waals surface area contributed by atoms with E-state index in [2.05, 4.69) is 42.1 Å². The molecule has 1 aromatic carbocycles. The maximum atomic E-state index is 5.69. The second-order valence-corrected chi connectivity index (χ2v) is 5.58. The van der Waals surface area contributed by atoms with Gasteiger partial charge >= 0.3 is 0 Å². The number of fused-ring (bicyclic) bond motifs is 1. The van der Waals surface area contributed by atoms with Crippen LogP contribution in [-0.2, 0) is 6.42 Å². The minimum Gasteiger partial charge on any atom is -0.493 e. The van der Waals surface area contributed by atoms with Gasteiger partial charge in [-0.05, 0) is 44.1 Å². The molecule has 2 heterocycles. The molecule has 3 rings (SSSR count). The summed E-state index contributed by atoms with van der Waals surface area (Å²) in [5.41, 5.74) is 2.83. The van der Waals surface area contributed by atoms with E-state index in [1.54, 1.807) is 0 Å². The fraction of sp³-hybridized carbons (Fsp3) is 0.600. The van der Waals surface area contributed by atoms with Gasteiger partial charge in [0.05, 0.1) is 6.61 Å². The van der Waals surface area contributed by atoms with Gasteiger partial charge in [0.2, 0.25) is 0 Å². The van der Waals surface area contributed by atoms with Crippen LogP contribution in [0.5, 0.6) is 5.75 Å². The van der Waals surface area contributed by atoms with E-state index in [4.69, 9.17) is 4.74 Å². The Morgan fingerprint density at radius 1 is 1.22 bits per heavy atom. The van der Waals surface area contributed by atoms with E-state index in [1.165, 1.54) is 17.7 Å². The highest BCUT2D eigenvalue weighted by molar-refractivity contribution is 5.39. The second kappa shape index (κ2) is 4.90. The van der Waals surface area contributed by atoms with E-state index in [0.717, 1.165) is 38.3 Å². The van der Waals surface area contributed by atoms with E-state index in [0.29, 0.717) is 6.04 Å². The van der Waals surface area contributed by atoms with Gasteiger partial charge in [0.1, 0.15) is 5.75 Å². The van der Waals surface area contributed by atoms with Crippen LogP contribution in [0.25, 0.3) is 0 Å². The van der Waals surface area contributed by atoms with Crippen molar-refractivity contribution in [1.29, 1.82) is 0 Å². The number of hydrogen-bond acceptors (Lipinski definition) is 3. The lowest BCUT2D eigenvalue weighted by Crippen LogP contribution is -2.44. The SMILES string of the molecule is CN1CCN(C)C(c2ccc3c(c2)CCCO3)C1. The molecule has 18 heavy (non-hydrogen) atoms. The van der Waals surface area contributed by atoms with Crippen LogP contribution < -0.4 is 4.74 Å². The molecule has 0 amide bonds. The first-order valence-electron chi connectivity index (χ1n) is 6.88. The number of ether oxygens (including phenoxy) is 1. The minimum absolute atomic E-state index is 0.524. The molecule has 2 aliphatic heterocycles. The highest BCUT2D eigenvalue weighted by Gasteiger charge is 2.24. The Balaban J connectivity index is 1.86. The fourth-order valence-electron chi connectivity index (χ4n) is 2.96. The number of rotatable bonds is 1. The Hall–Kier alpha value is -1.06. The fourth-order valence-corrected chi connectivity index (χ4v) is 2.96. The van der Waals surface area contributed by atoms with Gasteiger partial charge in [-0.25, -0.2) is 0 Å². The Kier molecular flexibility index (Phi) is 3.27. The lowest BCUT2D eigenvalue weighted by atomic mass is 9.97. The van der Waals surface area contributed by atoms with Crippen LogP contribution in [0.2, 0.25) is 0 Å². The van der Waals surface area contributed by atoms with Crippen molar-refractivity contribution >= 4 is 0 Å². The normalized spacial score (nSPS) is 25.6. The van der Waals surface area contributed by atoms with Crippen molar-refractivity contribution in [1.82, 2.24) is 9.80 Å². The van der Waals surface area contributed by atoms with Crippen molar-refractivity contribution in [2.45, 2.75) is 18.9 Å². The number of aryl methyl sites for hydroxylation is 1. The Bertz CT molecular complexity index is 433. The largest absolute Gasteiger partial charge is 0.493 e. The van der Waals surface area contributed by atoms with Crippen molar-refractivity contribution in [3.63, 3.8) is 0 Å². The topological polar surface area (TPSA) is 15.7 Å². The van der Waals surface area contributed by atoms with Crippen LogP contribution in [-0.4, -0.2) is 50.1 Å². The molecule has 0 radical (unpaired) electrons. The molecule has 3 nitrogen and oxygen atoms in total. The molecule has 3 heteroatoms. The summed E-state index contributed by atoms with van der Waals surface area (Å²) in [6.07, 6.45) is 2.31. The van der Waals surface area contributed by atoms with Crippen LogP contribution in [0.15, 0.2) is 18.2 Å². The molecule has 0 aliphatic carbocycles. The maximum absolute atomic E-state index is 5.69. The molecule has 1 unspecified atom stereocenters. The third-order valence-corrected chi connectivity index (χ3v) is 4.17. The third kappa shape index (κ3) is 2.25. The van der Waals surface area contributed by atoms with Gasteiger partial charge in [-0.2, -0.15) is 0 Å². The molecular weight excluding hydrogens is 224 g/mol. The second-order valence-electron chi connectivity index (χ2n) is 5.58. The van der Waals surface area contributed by atoms with Gasteiger partial charge in [-0.1, -0.05) is 12.1 Å². The molecule has 0 spiro atoms. The van der Waals surface area contributed by atoms with Crippen molar-refractivity contribution in [3.8, 4) is 5.75 Å². The average Bonchev–Trinajstić information content (AvgIpc) is 2.41. The smallest absolute Gasteiger partial charge is 0.122 e. The lowest BCUT2D eigenvalue weighted by Gasteiger charge is -2.38. The third-order valence-electron chi connectivity index (χ3n) is 4.17. The summed E-state index contributed by atoms with van der Waals surface area (Å²) >= 11 is 0. The van der Waals surface area contributed by atoms with Crippen LogP contribution in [0.1, 0.15) is 23.6 Å². The molecule has 0 saturated carbocycles. The van der Waals surface area contributed by atoms with Crippen LogP contribution in [0.4, 0.5) is 0 Å². The molecule has 1 saturated heterocycles. The molecule has 0 N–H and O–H groups in total. The Morgan fingerprint density at radius 3 is 3.00 bits per heavy atom. The summed E-state index contributed by atoms with van der Waals surface area (Å²) in [6.45, 7) is 4.31. The minimum atomic E-state index is 0.524. The van der Waals surface area contributed by atoms with Gasteiger partial charge in [0, 0.05) is 25.7 Å². The van der Waals surface area contributed by atoms with Gasteiger partial charge in [0.15, 0.2) is 0 Å². The Labute approximate surface area is 109 Å². The van der Waals surface area contributed by atoms with Crippen molar-refractivity contribution in [2.24, 2.45) is 0 Å². The predicted molar refractivity (Wildman–Crippen MR) is 73.1 cm³/mol. The van der Waals surface area contributed by atoms with Gasteiger partial charge in [-0.15, -0.1) is 0 Å². The molecule has 0 bridgehead atoms. The number of hydrogen-bond donors (Lipinski definition) is 0. The van der Waals surface area contributed by atoms with E-state index in [-0.39, 0.29) is 0 Å². The zero-order chi connectivity index (χ0) is 12.5. The molecule has 2 aliphatic rings.